The topological polar surface area (TPSA) is 44.1 Å². The largest absolute Gasteiger partial charge is 0.404 e. The third-order valence-corrected chi connectivity index (χ3v) is 3.37. The second-order valence-corrected chi connectivity index (χ2v) is 4.97. The molecule has 23 heavy (non-hydrogen) atoms. The normalized spacial score (nSPS) is 10.5. The van der Waals surface area contributed by atoms with E-state index >= 15 is 0 Å². The number of esters is 1. The molecule has 0 amide bonds. The van der Waals surface area contributed by atoms with Crippen LogP contribution in [0.4, 0.5) is 4.39 Å². The number of halogens is 1. The van der Waals surface area contributed by atoms with E-state index in [9.17, 15) is 9.18 Å². The van der Waals surface area contributed by atoms with Crippen molar-refractivity contribution < 1.29 is 13.9 Å². The average molecular weight is 310 g/mol. The molecule has 0 atom stereocenters. The summed E-state index contributed by atoms with van der Waals surface area (Å²) in [4.78, 5) is 12.2. The van der Waals surface area contributed by atoms with Crippen LogP contribution in [-0.4, -0.2) is 15.7 Å². The van der Waals surface area contributed by atoms with Gasteiger partial charge in [0.1, 0.15) is 5.82 Å². The Labute approximate surface area is 133 Å². The Hall–Kier alpha value is -2.95. The van der Waals surface area contributed by atoms with Crippen LogP contribution in [0.1, 0.15) is 23.0 Å². The fraction of sp³-hybridized carbons (Fsp3) is 0.111. The van der Waals surface area contributed by atoms with Gasteiger partial charge in [-0.05, 0) is 42.8 Å². The highest BCUT2D eigenvalue weighted by Crippen LogP contribution is 2.21. The van der Waals surface area contributed by atoms with Crippen LogP contribution in [0.3, 0.4) is 0 Å². The summed E-state index contributed by atoms with van der Waals surface area (Å²) in [5.74, 6) is -0.488. The van der Waals surface area contributed by atoms with Gasteiger partial charge in [0.15, 0.2) is 0 Å². The Morgan fingerprint density at radius 1 is 1.13 bits per heavy atom. The van der Waals surface area contributed by atoms with E-state index in [2.05, 4.69) is 5.10 Å². The molecule has 0 unspecified atom stereocenters. The Morgan fingerprint density at radius 2 is 1.83 bits per heavy atom. The molecule has 116 valence electrons. The molecule has 0 saturated heterocycles. The van der Waals surface area contributed by atoms with Crippen LogP contribution in [-0.2, 0) is 6.42 Å². The first-order valence-corrected chi connectivity index (χ1v) is 7.29. The van der Waals surface area contributed by atoms with Crippen molar-refractivity contribution in [1.29, 1.82) is 0 Å². The maximum Gasteiger partial charge on any atom is 0.344 e. The highest BCUT2D eigenvalue weighted by molar-refractivity contribution is 5.90. The third kappa shape index (κ3) is 3.29. The summed E-state index contributed by atoms with van der Waals surface area (Å²) in [7, 11) is 0. The molecule has 0 fully saturated rings. The first-order valence-electron chi connectivity index (χ1n) is 7.29. The van der Waals surface area contributed by atoms with Crippen molar-refractivity contribution in [2.75, 3.05) is 0 Å². The summed E-state index contributed by atoms with van der Waals surface area (Å²) < 4.78 is 20.1. The van der Waals surface area contributed by atoms with Crippen molar-refractivity contribution in [1.82, 2.24) is 9.78 Å². The maximum atomic E-state index is 13.1. The zero-order chi connectivity index (χ0) is 16.2. The van der Waals surface area contributed by atoms with Gasteiger partial charge in [0.25, 0.3) is 0 Å². The molecular weight excluding hydrogens is 295 g/mol. The Kier molecular flexibility index (Phi) is 4.19. The van der Waals surface area contributed by atoms with Gasteiger partial charge in [0.2, 0.25) is 5.88 Å². The molecule has 1 aromatic heterocycles. The minimum Gasteiger partial charge on any atom is -0.404 e. The summed E-state index contributed by atoms with van der Waals surface area (Å²) in [6, 6.07) is 16.3. The number of benzene rings is 2. The highest BCUT2D eigenvalue weighted by Gasteiger charge is 2.15. The molecule has 0 saturated carbocycles. The number of nitrogens with zero attached hydrogens (tertiary/aromatic N) is 2. The van der Waals surface area contributed by atoms with E-state index in [0.717, 1.165) is 5.69 Å². The molecule has 5 heteroatoms. The number of hydrogen-bond donors (Lipinski definition) is 0. The lowest BCUT2D eigenvalue weighted by molar-refractivity contribution is 0.0723. The predicted octanol–water partition coefficient (Wildman–Crippen LogP) is 3.79. The molecule has 0 aliphatic carbocycles. The van der Waals surface area contributed by atoms with E-state index < -0.39 is 5.97 Å². The van der Waals surface area contributed by atoms with Gasteiger partial charge < -0.3 is 4.74 Å². The van der Waals surface area contributed by atoms with Gasteiger partial charge in [-0.1, -0.05) is 25.1 Å². The smallest absolute Gasteiger partial charge is 0.344 e. The fourth-order valence-electron chi connectivity index (χ4n) is 2.15. The molecule has 0 spiro atoms. The summed E-state index contributed by atoms with van der Waals surface area (Å²) in [5.41, 5.74) is 1.87. The van der Waals surface area contributed by atoms with E-state index in [1.807, 2.05) is 13.0 Å². The number of aromatic nitrogens is 2. The van der Waals surface area contributed by atoms with Crippen LogP contribution < -0.4 is 4.74 Å². The first-order chi connectivity index (χ1) is 11.2. The number of ether oxygens (including phenoxy) is 1. The SMILES string of the molecule is CCc1cc(OC(=O)c2ccccc2)n(-c2ccc(F)cc2)n1. The third-order valence-electron chi connectivity index (χ3n) is 3.37. The Bertz CT molecular complexity index is 811. The predicted molar refractivity (Wildman–Crippen MR) is 84.3 cm³/mol. The molecule has 0 radical (unpaired) electrons. The lowest BCUT2D eigenvalue weighted by Crippen LogP contribution is -2.11. The van der Waals surface area contributed by atoms with Crippen LogP contribution in [0.25, 0.3) is 5.69 Å². The summed E-state index contributed by atoms with van der Waals surface area (Å²) in [6.45, 7) is 1.96. The van der Waals surface area contributed by atoms with Crippen molar-refractivity contribution >= 4 is 5.97 Å². The van der Waals surface area contributed by atoms with Gasteiger partial charge >= 0.3 is 5.97 Å². The van der Waals surface area contributed by atoms with Gasteiger partial charge in [-0.3, -0.25) is 0 Å². The van der Waals surface area contributed by atoms with Crippen LogP contribution in [0.2, 0.25) is 0 Å². The zero-order valence-corrected chi connectivity index (χ0v) is 12.6. The van der Waals surface area contributed by atoms with Crippen LogP contribution >= 0.6 is 0 Å². The monoisotopic (exact) mass is 310 g/mol. The Balaban J connectivity index is 1.94. The van der Waals surface area contributed by atoms with Gasteiger partial charge in [-0.25, -0.2) is 13.9 Å². The quantitative estimate of drug-likeness (QED) is 0.689. The Morgan fingerprint density at radius 3 is 2.48 bits per heavy atom. The molecule has 0 aliphatic rings. The standard InChI is InChI=1S/C18H15FN2O2/c1-2-15-12-17(23-18(22)13-6-4-3-5-7-13)21(20-15)16-10-8-14(19)9-11-16/h3-12H,2H2,1H3. The minimum atomic E-state index is -0.462. The average Bonchev–Trinajstić information content (AvgIpc) is 2.99. The molecule has 0 aliphatic heterocycles. The first kappa shape index (κ1) is 15.0. The van der Waals surface area contributed by atoms with Gasteiger partial charge in [-0.15, -0.1) is 0 Å². The van der Waals surface area contributed by atoms with Crippen molar-refractivity contribution in [3.05, 3.63) is 77.7 Å². The molecule has 3 rings (SSSR count). The van der Waals surface area contributed by atoms with E-state index in [1.165, 1.54) is 16.8 Å². The molecule has 2 aromatic carbocycles. The van der Waals surface area contributed by atoms with Crippen LogP contribution in [0.15, 0.2) is 60.7 Å². The minimum absolute atomic E-state index is 0.308. The van der Waals surface area contributed by atoms with Crippen molar-refractivity contribution in [3.63, 3.8) is 0 Å². The molecular formula is C18H15FN2O2. The second-order valence-electron chi connectivity index (χ2n) is 4.97. The fourth-order valence-corrected chi connectivity index (χ4v) is 2.15. The number of carbonyl (C=O) groups excluding carboxylic acids is 1. The molecule has 4 nitrogen and oxygen atoms in total. The molecule has 3 aromatic rings. The van der Waals surface area contributed by atoms with Crippen molar-refractivity contribution in [3.8, 4) is 11.6 Å². The van der Waals surface area contributed by atoms with Crippen LogP contribution in [0, 0.1) is 5.82 Å². The number of rotatable bonds is 4. The summed E-state index contributed by atoms with van der Waals surface area (Å²) in [5, 5.41) is 4.39. The zero-order valence-electron chi connectivity index (χ0n) is 12.6. The highest BCUT2D eigenvalue weighted by atomic mass is 19.1. The molecule has 0 N–H and O–H groups in total. The van der Waals surface area contributed by atoms with E-state index in [1.54, 1.807) is 42.5 Å². The van der Waals surface area contributed by atoms with E-state index in [4.69, 9.17) is 4.74 Å². The van der Waals surface area contributed by atoms with Crippen molar-refractivity contribution in [2.45, 2.75) is 13.3 Å². The lowest BCUT2D eigenvalue weighted by atomic mass is 10.2. The van der Waals surface area contributed by atoms with E-state index in [-0.39, 0.29) is 5.82 Å². The van der Waals surface area contributed by atoms with Gasteiger partial charge in [-0.2, -0.15) is 5.10 Å². The van der Waals surface area contributed by atoms with E-state index in [0.29, 0.717) is 23.6 Å². The van der Waals surface area contributed by atoms with Crippen molar-refractivity contribution in [2.24, 2.45) is 0 Å². The number of carbonyl (C=O) groups is 1. The number of aryl methyl sites for hydroxylation is 1. The molecule has 1 heterocycles. The second kappa shape index (κ2) is 6.44. The summed E-state index contributed by atoms with van der Waals surface area (Å²) in [6.07, 6.45) is 0.698. The lowest BCUT2D eigenvalue weighted by Gasteiger charge is -2.07. The van der Waals surface area contributed by atoms with Gasteiger partial charge in [0, 0.05) is 6.07 Å². The van der Waals surface area contributed by atoms with Crippen LogP contribution in [0.5, 0.6) is 5.88 Å². The molecule has 0 bridgehead atoms. The summed E-state index contributed by atoms with van der Waals surface area (Å²) >= 11 is 0. The number of hydrogen-bond acceptors (Lipinski definition) is 3. The van der Waals surface area contributed by atoms with Gasteiger partial charge in [0.05, 0.1) is 16.9 Å². The maximum absolute atomic E-state index is 13.1.